The Labute approximate surface area is 182 Å². The number of piperidine rings is 1. The Morgan fingerprint density at radius 2 is 1.93 bits per heavy atom. The van der Waals surface area contributed by atoms with Crippen molar-refractivity contribution in [2.45, 2.75) is 58.2 Å². The highest BCUT2D eigenvalue weighted by atomic mass is 35.5. The Hall–Kier alpha value is -1.90. The van der Waals surface area contributed by atoms with Crippen molar-refractivity contribution < 1.29 is 14.5 Å². The van der Waals surface area contributed by atoms with E-state index in [0.717, 1.165) is 43.6 Å². The summed E-state index contributed by atoms with van der Waals surface area (Å²) in [6, 6.07) is 3.75. The van der Waals surface area contributed by atoms with Crippen LogP contribution in [0.15, 0.2) is 12.1 Å². The van der Waals surface area contributed by atoms with Crippen molar-refractivity contribution in [3.8, 4) is 0 Å². The van der Waals surface area contributed by atoms with Crippen LogP contribution in [0.5, 0.6) is 0 Å². The van der Waals surface area contributed by atoms with Crippen LogP contribution in [0.2, 0.25) is 5.02 Å². The lowest BCUT2D eigenvalue weighted by molar-refractivity contribution is -0.384. The largest absolute Gasteiger partial charge is 0.444 e. The van der Waals surface area contributed by atoms with Gasteiger partial charge in [-0.05, 0) is 57.7 Å². The second-order valence-corrected chi connectivity index (χ2v) is 9.52. The van der Waals surface area contributed by atoms with Crippen molar-refractivity contribution in [1.29, 1.82) is 0 Å². The van der Waals surface area contributed by atoms with E-state index in [2.05, 4.69) is 10.2 Å². The first-order valence-corrected chi connectivity index (χ1v) is 10.8. The minimum atomic E-state index is -0.483. The second-order valence-electron chi connectivity index (χ2n) is 9.12. The predicted molar refractivity (Wildman–Crippen MR) is 116 cm³/mol. The average molecular weight is 439 g/mol. The lowest BCUT2D eigenvalue weighted by Gasteiger charge is -2.43. The van der Waals surface area contributed by atoms with E-state index in [1.54, 1.807) is 17.0 Å². The van der Waals surface area contributed by atoms with Gasteiger partial charge in [0.25, 0.3) is 5.69 Å². The fourth-order valence-corrected chi connectivity index (χ4v) is 4.49. The molecule has 2 saturated heterocycles. The molecule has 0 aromatic heterocycles. The van der Waals surface area contributed by atoms with Crippen LogP contribution in [0.3, 0.4) is 0 Å². The lowest BCUT2D eigenvalue weighted by atomic mass is 9.96. The van der Waals surface area contributed by atoms with Crippen molar-refractivity contribution in [2.75, 3.05) is 32.7 Å². The highest BCUT2D eigenvalue weighted by molar-refractivity contribution is 6.32. The number of carbonyl (C=O) groups excluding carboxylic acids is 1. The van der Waals surface area contributed by atoms with Crippen LogP contribution in [0, 0.1) is 17.0 Å². The molecule has 2 aliphatic rings. The van der Waals surface area contributed by atoms with Crippen LogP contribution >= 0.6 is 11.6 Å². The quantitative estimate of drug-likeness (QED) is 0.568. The van der Waals surface area contributed by atoms with Crippen molar-refractivity contribution in [1.82, 2.24) is 15.1 Å². The molecular weight excluding hydrogens is 408 g/mol. The fraction of sp³-hybridized carbons (Fsp3) is 0.667. The number of halogens is 1. The zero-order valence-electron chi connectivity index (χ0n) is 18.1. The van der Waals surface area contributed by atoms with Gasteiger partial charge in [0.05, 0.1) is 4.92 Å². The van der Waals surface area contributed by atoms with Gasteiger partial charge in [-0.2, -0.15) is 0 Å². The number of amides is 1. The number of nitro groups is 1. The molecule has 1 aromatic rings. The Balaban J connectivity index is 1.62. The van der Waals surface area contributed by atoms with Crippen molar-refractivity contribution in [2.24, 2.45) is 0 Å². The van der Waals surface area contributed by atoms with Gasteiger partial charge in [0.1, 0.15) is 10.6 Å². The summed E-state index contributed by atoms with van der Waals surface area (Å²) in [6.45, 7) is 11.5. The van der Waals surface area contributed by atoms with Gasteiger partial charge in [-0.15, -0.1) is 0 Å². The maximum absolute atomic E-state index is 12.3. The second kappa shape index (κ2) is 9.08. The number of benzene rings is 1. The van der Waals surface area contributed by atoms with E-state index in [4.69, 9.17) is 16.3 Å². The molecular formula is C21H31ClN4O4. The normalized spacial score (nSPS) is 21.5. The molecule has 2 fully saturated rings. The average Bonchev–Trinajstić information content (AvgIpc) is 2.68. The zero-order chi connectivity index (χ0) is 22.1. The molecule has 0 saturated carbocycles. The molecule has 0 aliphatic carbocycles. The summed E-state index contributed by atoms with van der Waals surface area (Å²) >= 11 is 6.16. The molecule has 1 atom stereocenters. The van der Waals surface area contributed by atoms with Crippen LogP contribution < -0.4 is 5.32 Å². The van der Waals surface area contributed by atoms with Gasteiger partial charge >= 0.3 is 6.09 Å². The third-order valence-corrected chi connectivity index (χ3v) is 6.05. The molecule has 8 nitrogen and oxygen atoms in total. The van der Waals surface area contributed by atoms with Gasteiger partial charge in [-0.3, -0.25) is 15.0 Å². The smallest absolute Gasteiger partial charge is 0.410 e. The van der Waals surface area contributed by atoms with Crippen LogP contribution in [-0.4, -0.2) is 65.2 Å². The van der Waals surface area contributed by atoms with Crippen molar-refractivity contribution in [3.05, 3.63) is 38.4 Å². The molecule has 0 radical (unpaired) electrons. The van der Waals surface area contributed by atoms with Gasteiger partial charge in [-0.1, -0.05) is 11.6 Å². The van der Waals surface area contributed by atoms with E-state index in [9.17, 15) is 14.9 Å². The molecule has 1 unspecified atom stereocenters. The first-order valence-electron chi connectivity index (χ1n) is 10.4. The summed E-state index contributed by atoms with van der Waals surface area (Å²) in [5.74, 6) is 0. The summed E-state index contributed by atoms with van der Waals surface area (Å²) in [4.78, 5) is 27.2. The molecule has 1 aromatic carbocycles. The van der Waals surface area contributed by atoms with E-state index in [1.165, 1.54) is 0 Å². The molecule has 30 heavy (non-hydrogen) atoms. The van der Waals surface area contributed by atoms with Gasteiger partial charge in [0.15, 0.2) is 0 Å². The number of likely N-dealkylation sites (tertiary alicyclic amines) is 1. The Kier molecular flexibility index (Phi) is 6.89. The molecule has 166 valence electrons. The minimum absolute atomic E-state index is 0.0555. The maximum Gasteiger partial charge on any atom is 0.410 e. The highest BCUT2D eigenvalue weighted by Gasteiger charge is 2.32. The van der Waals surface area contributed by atoms with Gasteiger partial charge in [0, 0.05) is 50.9 Å². The van der Waals surface area contributed by atoms with E-state index >= 15 is 0 Å². The number of ether oxygens (including phenoxy) is 1. The molecule has 0 bridgehead atoms. The number of piperazine rings is 1. The topological polar surface area (TPSA) is 88.0 Å². The fourth-order valence-electron chi connectivity index (χ4n) is 4.25. The summed E-state index contributed by atoms with van der Waals surface area (Å²) in [6.07, 6.45) is 1.58. The summed E-state index contributed by atoms with van der Waals surface area (Å²) in [7, 11) is 0. The molecule has 1 amide bonds. The number of rotatable bonds is 3. The third kappa shape index (κ3) is 5.42. The molecule has 9 heteroatoms. The third-order valence-electron chi connectivity index (χ3n) is 5.75. The SMILES string of the molecule is Cc1cc([N+](=O)[O-])c(Cl)cc1C1CN(C2CCN(C(=O)OC(C)(C)C)CC2)CCN1. The zero-order valence-corrected chi connectivity index (χ0v) is 18.9. The Morgan fingerprint density at radius 3 is 2.53 bits per heavy atom. The maximum atomic E-state index is 12.3. The van der Waals surface area contributed by atoms with Gasteiger partial charge in [-0.25, -0.2) is 4.79 Å². The highest BCUT2D eigenvalue weighted by Crippen LogP contribution is 2.32. The standard InChI is InChI=1S/C21H31ClN4O4/c1-14-11-19(26(28)29)17(22)12-16(14)18-13-25(10-7-23-18)15-5-8-24(9-6-15)20(27)30-21(2,3)4/h11-12,15,18,23H,5-10,13H2,1-4H3. The van der Waals surface area contributed by atoms with Gasteiger partial charge in [0.2, 0.25) is 0 Å². The summed E-state index contributed by atoms with van der Waals surface area (Å²) in [5.41, 5.74) is 1.33. The summed E-state index contributed by atoms with van der Waals surface area (Å²) in [5, 5.41) is 14.8. The van der Waals surface area contributed by atoms with E-state index in [1.807, 2.05) is 27.7 Å². The number of nitro benzene ring substituents is 1. The first-order chi connectivity index (χ1) is 14.0. The molecule has 2 heterocycles. The van der Waals surface area contributed by atoms with Crippen LogP contribution in [0.25, 0.3) is 0 Å². The number of hydrogen-bond donors (Lipinski definition) is 1. The first kappa shape index (κ1) is 22.8. The molecule has 0 spiro atoms. The lowest BCUT2D eigenvalue weighted by Crippen LogP contribution is -2.54. The molecule has 1 N–H and O–H groups in total. The number of hydrogen-bond acceptors (Lipinski definition) is 6. The number of nitrogens with one attached hydrogen (secondary N) is 1. The molecule has 3 rings (SSSR count). The van der Waals surface area contributed by atoms with Gasteiger partial charge < -0.3 is 15.0 Å². The predicted octanol–water partition coefficient (Wildman–Crippen LogP) is 3.90. The van der Waals surface area contributed by atoms with Crippen LogP contribution in [0.1, 0.15) is 50.8 Å². The number of nitrogens with zero attached hydrogens (tertiary/aromatic N) is 3. The molecule has 2 aliphatic heterocycles. The van der Waals surface area contributed by atoms with Crippen molar-refractivity contribution in [3.63, 3.8) is 0 Å². The minimum Gasteiger partial charge on any atom is -0.444 e. The number of carbonyl (C=O) groups is 1. The number of aryl methyl sites for hydroxylation is 1. The Morgan fingerprint density at radius 1 is 1.27 bits per heavy atom. The van der Waals surface area contributed by atoms with Crippen LogP contribution in [0.4, 0.5) is 10.5 Å². The Bertz CT molecular complexity index is 803. The summed E-state index contributed by atoms with van der Waals surface area (Å²) < 4.78 is 5.49. The monoisotopic (exact) mass is 438 g/mol. The van der Waals surface area contributed by atoms with E-state index in [-0.39, 0.29) is 22.8 Å². The van der Waals surface area contributed by atoms with Crippen molar-refractivity contribution >= 4 is 23.4 Å². The van der Waals surface area contributed by atoms with Crippen LogP contribution in [-0.2, 0) is 4.74 Å². The van der Waals surface area contributed by atoms with E-state index < -0.39 is 10.5 Å². The van der Waals surface area contributed by atoms with E-state index in [0.29, 0.717) is 19.1 Å².